The lowest BCUT2D eigenvalue weighted by Crippen LogP contribution is -2.57. The minimum absolute atomic E-state index is 0.0678. The van der Waals surface area contributed by atoms with E-state index < -0.39 is 15.4 Å². The summed E-state index contributed by atoms with van der Waals surface area (Å²) in [4.78, 5) is 0. The van der Waals surface area contributed by atoms with Gasteiger partial charge in [0.05, 0.1) is 17.1 Å². The van der Waals surface area contributed by atoms with Crippen LogP contribution >= 0.6 is 0 Å². The monoisotopic (exact) mass is 347 g/mol. The average Bonchev–Trinajstić information content (AvgIpc) is 2.52. The highest BCUT2D eigenvalue weighted by molar-refractivity contribution is 7.89. The van der Waals surface area contributed by atoms with Gasteiger partial charge in [0.1, 0.15) is 5.82 Å². The molecule has 1 aromatic heterocycles. The smallest absolute Gasteiger partial charge is 0.212 e. The third-order valence-corrected chi connectivity index (χ3v) is 7.36. The summed E-state index contributed by atoms with van der Waals surface area (Å²) in [7, 11) is -0.209. The molecule has 2 aliphatic rings. The fraction of sp³-hybridized carbons (Fsp3) is 0.412. The van der Waals surface area contributed by atoms with Crippen molar-refractivity contribution in [3.8, 4) is 11.3 Å². The van der Waals surface area contributed by atoms with Crippen molar-refractivity contribution >= 4 is 10.0 Å². The Labute approximate surface area is 140 Å². The Bertz CT molecular complexity index is 929. The number of sulfonamides is 1. The van der Waals surface area contributed by atoms with Gasteiger partial charge >= 0.3 is 0 Å². The second-order valence-electron chi connectivity index (χ2n) is 6.80. The van der Waals surface area contributed by atoms with E-state index >= 15 is 0 Å². The molecule has 1 unspecified atom stereocenters. The summed E-state index contributed by atoms with van der Waals surface area (Å²) in [5.74, 6) is -0.0809. The van der Waals surface area contributed by atoms with E-state index in [-0.39, 0.29) is 17.5 Å². The normalized spacial score (nSPS) is 24.8. The lowest BCUT2D eigenvalue weighted by Gasteiger charge is -2.57. The van der Waals surface area contributed by atoms with E-state index in [0.29, 0.717) is 11.3 Å². The lowest BCUT2D eigenvalue weighted by atomic mass is 9.48. The number of nitrogens with zero attached hydrogens (tertiary/aromatic N) is 3. The quantitative estimate of drug-likeness (QED) is 0.851. The van der Waals surface area contributed by atoms with Gasteiger partial charge in [-0.15, -0.1) is 0 Å². The van der Waals surface area contributed by atoms with Crippen molar-refractivity contribution in [2.75, 3.05) is 19.8 Å². The van der Waals surface area contributed by atoms with Crippen LogP contribution < -0.4 is 0 Å². The maximum Gasteiger partial charge on any atom is 0.214 e. The molecular formula is C17H18FN3O2S. The van der Waals surface area contributed by atoms with Gasteiger partial charge in [0.15, 0.2) is 0 Å². The molecule has 1 saturated carbocycles. The Morgan fingerprint density at radius 3 is 2.67 bits per heavy atom. The van der Waals surface area contributed by atoms with Crippen LogP contribution in [0.25, 0.3) is 11.3 Å². The van der Waals surface area contributed by atoms with Crippen molar-refractivity contribution in [1.29, 1.82) is 0 Å². The molecule has 1 fully saturated rings. The standard InChI is InChI=1S/C17H18FN3O2S/c1-21(2)24(22,23)10-17-8-7-13(17)12-9-15(19-20-16(12)17)11-5-3-4-6-14(11)18/h3-6,9,13H,7-8,10H2,1-2H3/t13?,17-/m1/s1. The summed E-state index contributed by atoms with van der Waals surface area (Å²) in [5, 5.41) is 8.44. The molecule has 126 valence electrons. The van der Waals surface area contributed by atoms with E-state index in [2.05, 4.69) is 10.2 Å². The number of rotatable bonds is 4. The molecule has 0 bridgehead atoms. The van der Waals surface area contributed by atoms with Gasteiger partial charge in [0.2, 0.25) is 10.0 Å². The van der Waals surface area contributed by atoms with Crippen LogP contribution in [0.1, 0.15) is 30.0 Å². The van der Waals surface area contributed by atoms with Crippen LogP contribution in [0.2, 0.25) is 0 Å². The van der Waals surface area contributed by atoms with Gasteiger partial charge in [-0.2, -0.15) is 10.2 Å². The van der Waals surface area contributed by atoms with Gasteiger partial charge in [-0.3, -0.25) is 0 Å². The van der Waals surface area contributed by atoms with Gasteiger partial charge in [0.25, 0.3) is 0 Å². The SMILES string of the molecule is CN(C)S(=O)(=O)C[C@]12CCC1c1cc(-c3ccccc3F)nnc12. The molecule has 1 aromatic carbocycles. The Kier molecular flexibility index (Phi) is 3.30. The lowest BCUT2D eigenvalue weighted by molar-refractivity contribution is 0.157. The minimum atomic E-state index is -3.30. The van der Waals surface area contributed by atoms with Crippen LogP contribution in [-0.2, 0) is 15.4 Å². The zero-order valence-electron chi connectivity index (χ0n) is 13.5. The summed E-state index contributed by atoms with van der Waals surface area (Å²) in [6.45, 7) is 0. The first kappa shape index (κ1) is 15.7. The molecule has 0 N–H and O–H groups in total. The Balaban J connectivity index is 1.71. The van der Waals surface area contributed by atoms with E-state index in [1.165, 1.54) is 10.4 Å². The van der Waals surface area contributed by atoms with Crippen LogP contribution in [-0.4, -0.2) is 42.8 Å². The largest absolute Gasteiger partial charge is 0.214 e. The summed E-state index contributed by atoms with van der Waals surface area (Å²) < 4.78 is 39.8. The second-order valence-corrected chi connectivity index (χ2v) is 8.98. The molecule has 0 amide bonds. The topological polar surface area (TPSA) is 63.2 Å². The Morgan fingerprint density at radius 1 is 1.29 bits per heavy atom. The number of fused-ring (bicyclic) bond motifs is 4. The van der Waals surface area contributed by atoms with Crippen LogP contribution in [0.3, 0.4) is 0 Å². The molecule has 1 heterocycles. The number of aromatic nitrogens is 2. The molecule has 0 aliphatic heterocycles. The van der Waals surface area contributed by atoms with E-state index in [1.54, 1.807) is 32.3 Å². The fourth-order valence-electron chi connectivity index (χ4n) is 3.85. The third-order valence-electron chi connectivity index (χ3n) is 5.36. The molecule has 2 aliphatic carbocycles. The highest BCUT2D eigenvalue weighted by Gasteiger charge is 2.61. The second kappa shape index (κ2) is 5.07. The first-order valence-electron chi connectivity index (χ1n) is 7.88. The maximum absolute atomic E-state index is 13.9. The molecule has 5 nitrogen and oxygen atoms in total. The molecule has 2 atom stereocenters. The van der Waals surface area contributed by atoms with E-state index in [9.17, 15) is 12.8 Å². The van der Waals surface area contributed by atoms with Crippen molar-refractivity contribution < 1.29 is 12.8 Å². The molecule has 4 rings (SSSR count). The van der Waals surface area contributed by atoms with Gasteiger partial charge in [0, 0.05) is 25.1 Å². The van der Waals surface area contributed by atoms with Crippen molar-refractivity contribution in [1.82, 2.24) is 14.5 Å². The van der Waals surface area contributed by atoms with Crippen molar-refractivity contribution in [2.45, 2.75) is 24.2 Å². The summed E-state index contributed by atoms with van der Waals surface area (Å²) in [6.07, 6.45) is 1.75. The number of halogens is 1. The number of hydrogen-bond donors (Lipinski definition) is 0. The molecule has 0 saturated heterocycles. The van der Waals surface area contributed by atoms with Crippen molar-refractivity contribution in [3.63, 3.8) is 0 Å². The molecule has 0 radical (unpaired) electrons. The van der Waals surface area contributed by atoms with E-state index in [1.807, 2.05) is 6.07 Å². The zero-order valence-corrected chi connectivity index (χ0v) is 14.3. The predicted octanol–water partition coefficient (Wildman–Crippen LogP) is 2.30. The predicted molar refractivity (Wildman–Crippen MR) is 88.6 cm³/mol. The van der Waals surface area contributed by atoms with Crippen LogP contribution in [0.4, 0.5) is 4.39 Å². The van der Waals surface area contributed by atoms with Crippen molar-refractivity contribution in [2.24, 2.45) is 0 Å². The van der Waals surface area contributed by atoms with Crippen LogP contribution in [0, 0.1) is 5.82 Å². The average molecular weight is 347 g/mol. The highest BCUT2D eigenvalue weighted by Crippen LogP contribution is 2.64. The fourth-order valence-corrected chi connectivity index (χ4v) is 5.24. The summed E-state index contributed by atoms with van der Waals surface area (Å²) >= 11 is 0. The first-order valence-corrected chi connectivity index (χ1v) is 9.49. The molecule has 24 heavy (non-hydrogen) atoms. The van der Waals surface area contributed by atoms with Crippen LogP contribution in [0.5, 0.6) is 0 Å². The number of benzene rings is 1. The summed E-state index contributed by atoms with van der Waals surface area (Å²) in [6, 6.07) is 8.33. The van der Waals surface area contributed by atoms with Gasteiger partial charge < -0.3 is 0 Å². The van der Waals surface area contributed by atoms with E-state index in [4.69, 9.17) is 0 Å². The molecule has 2 aromatic rings. The Morgan fingerprint density at radius 2 is 2.04 bits per heavy atom. The zero-order chi connectivity index (χ0) is 17.1. The summed E-state index contributed by atoms with van der Waals surface area (Å²) in [5.41, 5.74) is 2.31. The van der Waals surface area contributed by atoms with Gasteiger partial charge in [-0.1, -0.05) is 12.1 Å². The van der Waals surface area contributed by atoms with Gasteiger partial charge in [-0.05, 0) is 42.5 Å². The molecule has 7 heteroatoms. The highest BCUT2D eigenvalue weighted by atomic mass is 32.2. The van der Waals surface area contributed by atoms with E-state index in [0.717, 1.165) is 24.1 Å². The third kappa shape index (κ3) is 2.04. The number of hydrogen-bond acceptors (Lipinski definition) is 4. The Hall–Kier alpha value is -1.86. The van der Waals surface area contributed by atoms with Crippen molar-refractivity contribution in [3.05, 3.63) is 47.4 Å². The van der Waals surface area contributed by atoms with Gasteiger partial charge in [-0.25, -0.2) is 17.1 Å². The minimum Gasteiger partial charge on any atom is -0.212 e. The van der Waals surface area contributed by atoms with Crippen LogP contribution in [0.15, 0.2) is 30.3 Å². The maximum atomic E-state index is 13.9. The molecular weight excluding hydrogens is 329 g/mol. The molecule has 0 spiro atoms. The first-order chi connectivity index (χ1) is 11.3.